The third-order valence-electron chi connectivity index (χ3n) is 3.41. The normalized spacial score (nSPS) is 10.6. The predicted molar refractivity (Wildman–Crippen MR) is 89.4 cm³/mol. The summed E-state index contributed by atoms with van der Waals surface area (Å²) in [5, 5.41) is 11.1. The van der Waals surface area contributed by atoms with Gasteiger partial charge in [0.15, 0.2) is 0 Å². The summed E-state index contributed by atoms with van der Waals surface area (Å²) in [6, 6.07) is 18.7. The molecule has 0 saturated heterocycles. The van der Waals surface area contributed by atoms with Crippen LogP contribution in [0.1, 0.15) is 15.9 Å². The molecule has 0 aliphatic heterocycles. The summed E-state index contributed by atoms with van der Waals surface area (Å²) in [6.45, 7) is 0.325. The molecular weight excluding hydrogens is 344 g/mol. The lowest BCUT2D eigenvalue weighted by molar-refractivity contribution is 0.0694. The van der Waals surface area contributed by atoms with E-state index in [4.69, 9.17) is 4.74 Å². The molecule has 3 aromatic carbocycles. The highest BCUT2D eigenvalue weighted by Crippen LogP contribution is 2.28. The number of ether oxygens (including phenoxy) is 1. The van der Waals surface area contributed by atoms with E-state index in [2.05, 4.69) is 15.9 Å². The zero-order valence-electron chi connectivity index (χ0n) is 11.6. The van der Waals surface area contributed by atoms with E-state index >= 15 is 0 Å². The van der Waals surface area contributed by atoms with Crippen LogP contribution in [0, 0.1) is 0 Å². The van der Waals surface area contributed by atoms with E-state index in [1.165, 1.54) is 0 Å². The Balaban J connectivity index is 1.94. The van der Waals surface area contributed by atoms with E-state index in [-0.39, 0.29) is 5.56 Å². The number of benzene rings is 3. The second-order valence-corrected chi connectivity index (χ2v) is 5.80. The van der Waals surface area contributed by atoms with Gasteiger partial charge < -0.3 is 9.84 Å². The highest BCUT2D eigenvalue weighted by atomic mass is 79.9. The third kappa shape index (κ3) is 2.97. The summed E-state index contributed by atoms with van der Waals surface area (Å²) < 4.78 is 6.73. The second kappa shape index (κ2) is 6.20. The number of rotatable bonds is 4. The quantitative estimate of drug-likeness (QED) is 0.724. The van der Waals surface area contributed by atoms with E-state index in [0.717, 1.165) is 15.4 Å². The van der Waals surface area contributed by atoms with Crippen molar-refractivity contribution in [1.82, 2.24) is 0 Å². The zero-order valence-corrected chi connectivity index (χ0v) is 13.2. The Bertz CT molecular complexity index is 825. The van der Waals surface area contributed by atoms with Gasteiger partial charge >= 0.3 is 5.97 Å². The van der Waals surface area contributed by atoms with Crippen LogP contribution in [0.5, 0.6) is 5.75 Å². The predicted octanol–water partition coefficient (Wildman–Crippen LogP) is 4.88. The molecule has 0 unspecified atom stereocenters. The molecule has 3 rings (SSSR count). The molecule has 1 N–H and O–H groups in total. The van der Waals surface area contributed by atoms with Crippen molar-refractivity contribution < 1.29 is 14.6 Å². The molecule has 22 heavy (non-hydrogen) atoms. The fourth-order valence-corrected chi connectivity index (χ4v) is 2.60. The molecule has 0 bridgehead atoms. The van der Waals surface area contributed by atoms with Gasteiger partial charge in [-0.3, -0.25) is 0 Å². The van der Waals surface area contributed by atoms with Gasteiger partial charge in [0.2, 0.25) is 0 Å². The maximum atomic E-state index is 11.6. The Morgan fingerprint density at radius 1 is 1.00 bits per heavy atom. The van der Waals surface area contributed by atoms with Crippen LogP contribution in [0.3, 0.4) is 0 Å². The Morgan fingerprint density at radius 3 is 2.45 bits per heavy atom. The van der Waals surface area contributed by atoms with Crippen LogP contribution in [0.2, 0.25) is 0 Å². The molecule has 110 valence electrons. The first-order valence-electron chi connectivity index (χ1n) is 6.77. The standard InChI is InChI=1S/C18H13BrO3/c19-14-8-5-12(6-9-14)11-22-16-10-7-13-3-1-2-4-15(13)17(16)18(20)21/h1-10H,11H2,(H,20,21). The maximum absolute atomic E-state index is 11.6. The summed E-state index contributed by atoms with van der Waals surface area (Å²) in [4.78, 5) is 11.6. The summed E-state index contributed by atoms with van der Waals surface area (Å²) in [5.74, 6) is -0.600. The van der Waals surface area contributed by atoms with E-state index in [9.17, 15) is 9.90 Å². The number of hydrogen-bond acceptors (Lipinski definition) is 2. The van der Waals surface area contributed by atoms with Crippen molar-refractivity contribution in [3.05, 3.63) is 76.3 Å². The van der Waals surface area contributed by atoms with Gasteiger partial charge in [0.1, 0.15) is 17.9 Å². The largest absolute Gasteiger partial charge is 0.488 e. The molecule has 0 saturated carbocycles. The van der Waals surface area contributed by atoms with Crippen molar-refractivity contribution in [1.29, 1.82) is 0 Å². The molecule has 0 atom stereocenters. The van der Waals surface area contributed by atoms with Gasteiger partial charge in [-0.05, 0) is 34.5 Å². The number of carbonyl (C=O) groups is 1. The molecular formula is C18H13BrO3. The highest BCUT2D eigenvalue weighted by molar-refractivity contribution is 9.10. The molecule has 4 heteroatoms. The van der Waals surface area contributed by atoms with Crippen molar-refractivity contribution in [2.24, 2.45) is 0 Å². The Hall–Kier alpha value is -2.33. The average Bonchev–Trinajstić information content (AvgIpc) is 2.53. The number of carboxylic acids is 1. The van der Waals surface area contributed by atoms with E-state index in [1.54, 1.807) is 12.1 Å². The van der Waals surface area contributed by atoms with Crippen molar-refractivity contribution in [2.75, 3.05) is 0 Å². The fourth-order valence-electron chi connectivity index (χ4n) is 2.33. The van der Waals surface area contributed by atoms with Crippen molar-refractivity contribution >= 4 is 32.7 Å². The smallest absolute Gasteiger partial charge is 0.340 e. The average molecular weight is 357 g/mol. The first-order valence-corrected chi connectivity index (χ1v) is 7.57. The van der Waals surface area contributed by atoms with E-state index in [0.29, 0.717) is 17.7 Å². The topological polar surface area (TPSA) is 46.5 Å². The Kier molecular flexibility index (Phi) is 4.11. The molecule has 0 radical (unpaired) electrons. The number of aromatic carboxylic acids is 1. The Labute approximate surface area is 136 Å². The van der Waals surface area contributed by atoms with Crippen LogP contribution < -0.4 is 4.74 Å². The fraction of sp³-hybridized carbons (Fsp3) is 0.0556. The molecule has 3 nitrogen and oxygen atoms in total. The molecule has 0 heterocycles. The third-order valence-corrected chi connectivity index (χ3v) is 3.94. The number of carboxylic acid groups (broad SMARTS) is 1. The summed E-state index contributed by atoms with van der Waals surface area (Å²) in [5.41, 5.74) is 1.18. The van der Waals surface area contributed by atoms with Gasteiger partial charge in [0.05, 0.1) is 0 Å². The minimum Gasteiger partial charge on any atom is -0.488 e. The van der Waals surface area contributed by atoms with Gasteiger partial charge in [-0.2, -0.15) is 0 Å². The number of fused-ring (bicyclic) bond motifs is 1. The monoisotopic (exact) mass is 356 g/mol. The summed E-state index contributed by atoms with van der Waals surface area (Å²) >= 11 is 3.38. The molecule has 0 aromatic heterocycles. The van der Waals surface area contributed by atoms with Crippen LogP contribution in [0.15, 0.2) is 65.1 Å². The lowest BCUT2D eigenvalue weighted by atomic mass is 10.0. The second-order valence-electron chi connectivity index (χ2n) is 4.88. The molecule has 0 amide bonds. The number of halogens is 1. The van der Waals surface area contributed by atoms with Crippen LogP contribution in [0.4, 0.5) is 0 Å². The first-order chi connectivity index (χ1) is 10.6. The molecule has 0 aliphatic rings. The molecule has 3 aromatic rings. The first kappa shape index (κ1) is 14.6. The summed E-state index contributed by atoms with van der Waals surface area (Å²) in [7, 11) is 0. The van der Waals surface area contributed by atoms with E-state index < -0.39 is 5.97 Å². The SMILES string of the molecule is O=C(O)c1c(OCc2ccc(Br)cc2)ccc2ccccc12. The van der Waals surface area contributed by atoms with Gasteiger partial charge in [-0.15, -0.1) is 0 Å². The lowest BCUT2D eigenvalue weighted by Gasteiger charge is -2.11. The van der Waals surface area contributed by atoms with Crippen LogP contribution >= 0.6 is 15.9 Å². The van der Waals surface area contributed by atoms with Crippen molar-refractivity contribution in [3.8, 4) is 5.75 Å². The molecule has 0 fully saturated rings. The highest BCUT2D eigenvalue weighted by Gasteiger charge is 2.15. The van der Waals surface area contributed by atoms with Gasteiger partial charge in [0, 0.05) is 4.47 Å². The summed E-state index contributed by atoms with van der Waals surface area (Å²) in [6.07, 6.45) is 0. The van der Waals surface area contributed by atoms with Crippen LogP contribution in [-0.2, 0) is 6.61 Å². The van der Waals surface area contributed by atoms with Crippen LogP contribution in [0.25, 0.3) is 10.8 Å². The number of hydrogen-bond donors (Lipinski definition) is 1. The van der Waals surface area contributed by atoms with E-state index in [1.807, 2.05) is 48.5 Å². The molecule has 0 aliphatic carbocycles. The van der Waals surface area contributed by atoms with Gasteiger partial charge in [0.25, 0.3) is 0 Å². The minimum absolute atomic E-state index is 0.204. The lowest BCUT2D eigenvalue weighted by Crippen LogP contribution is -2.04. The van der Waals surface area contributed by atoms with Crippen LogP contribution in [-0.4, -0.2) is 11.1 Å². The van der Waals surface area contributed by atoms with Crippen molar-refractivity contribution in [2.45, 2.75) is 6.61 Å². The Morgan fingerprint density at radius 2 is 1.73 bits per heavy atom. The van der Waals surface area contributed by atoms with Crippen molar-refractivity contribution in [3.63, 3.8) is 0 Å². The van der Waals surface area contributed by atoms with Gasteiger partial charge in [-0.1, -0.05) is 58.4 Å². The molecule has 0 spiro atoms. The maximum Gasteiger partial charge on any atom is 0.340 e. The van der Waals surface area contributed by atoms with Gasteiger partial charge in [-0.25, -0.2) is 4.79 Å². The zero-order chi connectivity index (χ0) is 15.5. The minimum atomic E-state index is -0.984.